The van der Waals surface area contributed by atoms with Crippen molar-refractivity contribution in [2.75, 3.05) is 19.6 Å². The predicted octanol–water partition coefficient (Wildman–Crippen LogP) is 2.42. The molecular weight excluding hydrogens is 264 g/mol. The molecule has 0 spiro atoms. The van der Waals surface area contributed by atoms with Gasteiger partial charge in [-0.05, 0) is 30.8 Å². The third kappa shape index (κ3) is 4.40. The van der Waals surface area contributed by atoms with Crippen molar-refractivity contribution in [3.8, 4) is 6.07 Å². The first-order valence-electron chi connectivity index (χ1n) is 7.28. The molecule has 1 aromatic carbocycles. The molecule has 0 amide bonds. The van der Waals surface area contributed by atoms with Crippen LogP contribution in [-0.4, -0.2) is 34.7 Å². The molecule has 0 radical (unpaired) electrons. The largest absolute Gasteiger partial charge is 0.339 e. The van der Waals surface area contributed by atoms with Crippen molar-refractivity contribution in [3.63, 3.8) is 0 Å². The van der Waals surface area contributed by atoms with Gasteiger partial charge in [0.25, 0.3) is 0 Å². The predicted molar refractivity (Wildman–Crippen MR) is 79.8 cm³/mol. The molecule has 0 aliphatic heterocycles. The van der Waals surface area contributed by atoms with Crippen LogP contribution in [0.5, 0.6) is 0 Å². The van der Waals surface area contributed by atoms with Crippen LogP contribution in [0.1, 0.15) is 36.7 Å². The zero-order valence-corrected chi connectivity index (χ0v) is 12.5. The first-order valence-corrected chi connectivity index (χ1v) is 7.28. The number of aromatic nitrogens is 2. The van der Waals surface area contributed by atoms with E-state index in [1.165, 1.54) is 0 Å². The lowest BCUT2D eigenvalue weighted by Gasteiger charge is -2.16. The second-order valence-electron chi connectivity index (χ2n) is 4.87. The third-order valence-corrected chi connectivity index (χ3v) is 3.49. The average molecular weight is 284 g/mol. The average Bonchev–Trinajstić information content (AvgIpc) is 2.96. The Labute approximate surface area is 125 Å². The Hall–Kier alpha value is -2.19. The van der Waals surface area contributed by atoms with Crippen LogP contribution in [0.25, 0.3) is 0 Å². The highest BCUT2D eigenvalue weighted by Crippen LogP contribution is 2.09. The molecule has 0 bridgehead atoms. The van der Waals surface area contributed by atoms with Gasteiger partial charge in [0.15, 0.2) is 5.82 Å². The summed E-state index contributed by atoms with van der Waals surface area (Å²) in [6.45, 7) is 7.31. The summed E-state index contributed by atoms with van der Waals surface area (Å²) in [6.07, 6.45) is 1.41. The molecule has 0 saturated heterocycles. The molecular formula is C16H20N4O. The van der Waals surface area contributed by atoms with E-state index in [1.54, 1.807) is 12.1 Å². The van der Waals surface area contributed by atoms with Crippen LogP contribution >= 0.6 is 0 Å². The number of rotatable bonds is 7. The number of hydrogen-bond acceptors (Lipinski definition) is 5. The normalized spacial score (nSPS) is 10.8. The molecule has 0 saturated carbocycles. The van der Waals surface area contributed by atoms with Gasteiger partial charge in [-0.25, -0.2) is 0 Å². The molecule has 0 aliphatic rings. The molecule has 2 rings (SSSR count). The molecule has 2 aromatic rings. The fraction of sp³-hybridized carbons (Fsp3) is 0.438. The van der Waals surface area contributed by atoms with Crippen molar-refractivity contribution in [1.82, 2.24) is 15.0 Å². The monoisotopic (exact) mass is 284 g/mol. The molecule has 1 heterocycles. The SMILES string of the molecule is CCN(CC)CCc1noc(Cc2ccc(C#N)cc2)n1. The summed E-state index contributed by atoms with van der Waals surface area (Å²) < 4.78 is 5.28. The van der Waals surface area contributed by atoms with Gasteiger partial charge in [0, 0.05) is 13.0 Å². The van der Waals surface area contributed by atoms with Crippen LogP contribution in [0.4, 0.5) is 0 Å². The second kappa shape index (κ2) is 7.55. The molecule has 5 nitrogen and oxygen atoms in total. The lowest BCUT2D eigenvalue weighted by atomic mass is 10.1. The van der Waals surface area contributed by atoms with Gasteiger partial charge < -0.3 is 9.42 Å². The van der Waals surface area contributed by atoms with Crippen LogP contribution in [0.2, 0.25) is 0 Å². The summed E-state index contributed by atoms with van der Waals surface area (Å²) in [7, 11) is 0. The molecule has 1 aromatic heterocycles. The molecule has 21 heavy (non-hydrogen) atoms. The maximum atomic E-state index is 8.77. The van der Waals surface area contributed by atoms with E-state index in [-0.39, 0.29) is 0 Å². The standard InChI is InChI=1S/C16H20N4O/c1-3-20(4-2)10-9-15-18-16(21-19-15)11-13-5-7-14(12-17)8-6-13/h5-8H,3-4,9-11H2,1-2H3. The summed E-state index contributed by atoms with van der Waals surface area (Å²) in [4.78, 5) is 6.75. The molecule has 5 heteroatoms. The lowest BCUT2D eigenvalue weighted by molar-refractivity contribution is 0.302. The molecule has 0 unspecified atom stereocenters. The van der Waals surface area contributed by atoms with Crippen molar-refractivity contribution in [2.24, 2.45) is 0 Å². The molecule has 0 N–H and O–H groups in total. The Morgan fingerprint density at radius 1 is 1.19 bits per heavy atom. The van der Waals surface area contributed by atoms with Crippen LogP contribution in [0.15, 0.2) is 28.8 Å². The fourth-order valence-corrected chi connectivity index (χ4v) is 2.13. The zero-order valence-electron chi connectivity index (χ0n) is 12.5. The van der Waals surface area contributed by atoms with Crippen LogP contribution in [0.3, 0.4) is 0 Å². The van der Waals surface area contributed by atoms with Gasteiger partial charge in [0.2, 0.25) is 5.89 Å². The van der Waals surface area contributed by atoms with Gasteiger partial charge in [0.05, 0.1) is 18.1 Å². The van der Waals surface area contributed by atoms with Crippen molar-refractivity contribution < 1.29 is 4.52 Å². The van der Waals surface area contributed by atoms with E-state index in [2.05, 4.69) is 35.0 Å². The molecule has 0 aliphatic carbocycles. The smallest absolute Gasteiger partial charge is 0.231 e. The number of nitriles is 1. The van der Waals surface area contributed by atoms with Gasteiger partial charge in [-0.3, -0.25) is 0 Å². The van der Waals surface area contributed by atoms with Crippen LogP contribution in [-0.2, 0) is 12.8 Å². The van der Waals surface area contributed by atoms with E-state index in [0.29, 0.717) is 17.9 Å². The highest BCUT2D eigenvalue weighted by molar-refractivity contribution is 5.32. The van der Waals surface area contributed by atoms with E-state index < -0.39 is 0 Å². The Morgan fingerprint density at radius 3 is 2.52 bits per heavy atom. The minimum atomic E-state index is 0.601. The number of nitrogens with zero attached hydrogens (tertiary/aromatic N) is 4. The molecule has 110 valence electrons. The summed E-state index contributed by atoms with van der Waals surface area (Å²) >= 11 is 0. The summed E-state index contributed by atoms with van der Waals surface area (Å²) in [5.41, 5.74) is 1.72. The van der Waals surface area contributed by atoms with E-state index in [0.717, 1.165) is 37.4 Å². The van der Waals surface area contributed by atoms with Gasteiger partial charge in [-0.2, -0.15) is 10.2 Å². The van der Waals surface area contributed by atoms with Gasteiger partial charge in [0.1, 0.15) is 0 Å². The Bertz CT molecular complexity index is 593. The zero-order chi connectivity index (χ0) is 15.1. The summed E-state index contributed by atoms with van der Waals surface area (Å²) in [5, 5.41) is 12.8. The fourth-order valence-electron chi connectivity index (χ4n) is 2.13. The van der Waals surface area contributed by atoms with Crippen molar-refractivity contribution in [3.05, 3.63) is 47.1 Å². The number of hydrogen-bond donors (Lipinski definition) is 0. The first-order chi connectivity index (χ1) is 10.2. The maximum Gasteiger partial charge on any atom is 0.231 e. The van der Waals surface area contributed by atoms with Crippen molar-refractivity contribution in [1.29, 1.82) is 5.26 Å². The Morgan fingerprint density at radius 2 is 1.90 bits per heavy atom. The summed E-state index contributed by atoms with van der Waals surface area (Å²) in [6, 6.07) is 9.53. The Balaban J connectivity index is 1.91. The highest BCUT2D eigenvalue weighted by Gasteiger charge is 2.08. The number of likely N-dealkylation sites (N-methyl/N-ethyl adjacent to an activating group) is 1. The van der Waals surface area contributed by atoms with E-state index in [1.807, 2.05) is 12.1 Å². The Kier molecular flexibility index (Phi) is 5.47. The molecule has 0 atom stereocenters. The summed E-state index contributed by atoms with van der Waals surface area (Å²) in [5.74, 6) is 1.37. The second-order valence-corrected chi connectivity index (χ2v) is 4.87. The topological polar surface area (TPSA) is 66.0 Å². The van der Waals surface area contributed by atoms with E-state index in [9.17, 15) is 0 Å². The number of benzene rings is 1. The van der Waals surface area contributed by atoms with Gasteiger partial charge in [-0.15, -0.1) is 0 Å². The highest BCUT2D eigenvalue weighted by atomic mass is 16.5. The van der Waals surface area contributed by atoms with Gasteiger partial charge in [-0.1, -0.05) is 31.1 Å². The van der Waals surface area contributed by atoms with E-state index >= 15 is 0 Å². The van der Waals surface area contributed by atoms with Crippen LogP contribution < -0.4 is 0 Å². The minimum Gasteiger partial charge on any atom is -0.339 e. The van der Waals surface area contributed by atoms with Crippen molar-refractivity contribution >= 4 is 0 Å². The lowest BCUT2D eigenvalue weighted by Crippen LogP contribution is -2.25. The third-order valence-electron chi connectivity index (χ3n) is 3.49. The quantitative estimate of drug-likeness (QED) is 0.781. The minimum absolute atomic E-state index is 0.601. The van der Waals surface area contributed by atoms with Crippen LogP contribution in [0, 0.1) is 11.3 Å². The molecule has 0 fully saturated rings. The maximum absolute atomic E-state index is 8.77. The van der Waals surface area contributed by atoms with Crippen molar-refractivity contribution in [2.45, 2.75) is 26.7 Å². The van der Waals surface area contributed by atoms with E-state index in [4.69, 9.17) is 9.78 Å². The first kappa shape index (κ1) is 15.2. The van der Waals surface area contributed by atoms with Gasteiger partial charge >= 0.3 is 0 Å².